The lowest BCUT2D eigenvalue weighted by Crippen LogP contribution is -2.50. The van der Waals surface area contributed by atoms with Crippen molar-refractivity contribution in [2.75, 3.05) is 13.6 Å². The number of likely N-dealkylation sites (N-methyl/N-ethyl adjacent to an activating group) is 1. The quantitative estimate of drug-likeness (QED) is 0.750. The second-order valence-corrected chi connectivity index (χ2v) is 6.63. The Morgan fingerprint density at radius 3 is 3.04 bits per heavy atom. The Morgan fingerprint density at radius 1 is 1.36 bits per heavy atom. The van der Waals surface area contributed by atoms with Gasteiger partial charge in [-0.05, 0) is 31.5 Å². The van der Waals surface area contributed by atoms with Crippen LogP contribution in [0.5, 0.6) is 0 Å². The molecular formula is C18H22N6O. The molecule has 3 heterocycles. The molecule has 0 saturated carbocycles. The van der Waals surface area contributed by atoms with Gasteiger partial charge in [-0.3, -0.25) is 9.69 Å². The van der Waals surface area contributed by atoms with Gasteiger partial charge in [-0.1, -0.05) is 18.2 Å². The van der Waals surface area contributed by atoms with E-state index in [1.807, 2.05) is 35.6 Å². The fraction of sp³-hybridized carbons (Fsp3) is 0.389. The van der Waals surface area contributed by atoms with Crippen LogP contribution in [-0.4, -0.2) is 50.2 Å². The first-order chi connectivity index (χ1) is 12.1. The van der Waals surface area contributed by atoms with E-state index in [9.17, 15) is 4.79 Å². The van der Waals surface area contributed by atoms with Gasteiger partial charge in [0.15, 0.2) is 0 Å². The molecular weight excluding hydrogens is 316 g/mol. The number of carbonyl (C=O) groups excluding carboxylic acids is 1. The molecule has 130 valence electrons. The molecule has 0 bridgehead atoms. The molecule has 1 unspecified atom stereocenters. The number of nitrogens with one attached hydrogen (secondary N) is 2. The van der Waals surface area contributed by atoms with Crippen LogP contribution in [0.4, 0.5) is 0 Å². The first-order valence-electron chi connectivity index (χ1n) is 8.55. The number of hydrogen-bond acceptors (Lipinski definition) is 4. The lowest BCUT2D eigenvalue weighted by atomic mass is 10.2. The zero-order valence-corrected chi connectivity index (χ0v) is 14.5. The van der Waals surface area contributed by atoms with Crippen LogP contribution in [0.3, 0.4) is 0 Å². The van der Waals surface area contributed by atoms with Gasteiger partial charge in [-0.15, -0.1) is 10.2 Å². The van der Waals surface area contributed by atoms with E-state index < -0.39 is 0 Å². The van der Waals surface area contributed by atoms with Crippen molar-refractivity contribution in [2.45, 2.75) is 32.5 Å². The number of carbonyl (C=O) groups is 1. The second kappa shape index (κ2) is 6.33. The molecule has 7 heteroatoms. The molecule has 1 aromatic carbocycles. The fourth-order valence-corrected chi connectivity index (χ4v) is 3.41. The van der Waals surface area contributed by atoms with E-state index in [4.69, 9.17) is 0 Å². The summed E-state index contributed by atoms with van der Waals surface area (Å²) in [4.78, 5) is 18.0. The van der Waals surface area contributed by atoms with E-state index in [0.717, 1.165) is 29.3 Å². The van der Waals surface area contributed by atoms with Crippen LogP contribution in [0.2, 0.25) is 0 Å². The van der Waals surface area contributed by atoms with Crippen LogP contribution < -0.4 is 5.32 Å². The number of rotatable bonds is 4. The highest BCUT2D eigenvalue weighted by Gasteiger charge is 2.30. The standard InChI is InChI=1S/C18H22N6O/c1-12-21-22-17-11-23(2)16(10-24(12)17)18(25)19-8-7-14-9-13-5-3-4-6-15(13)20-14/h3-6,9,16,20H,7-8,10-11H2,1-2H3,(H,19,25). The molecule has 0 radical (unpaired) electrons. The largest absolute Gasteiger partial charge is 0.358 e. The smallest absolute Gasteiger partial charge is 0.239 e. The third-order valence-corrected chi connectivity index (χ3v) is 4.87. The predicted molar refractivity (Wildman–Crippen MR) is 95.0 cm³/mol. The molecule has 0 aliphatic carbocycles. The third-order valence-electron chi connectivity index (χ3n) is 4.87. The average Bonchev–Trinajstić information content (AvgIpc) is 3.17. The number of amides is 1. The van der Waals surface area contributed by atoms with Crippen LogP contribution in [0.1, 0.15) is 17.3 Å². The normalized spacial score (nSPS) is 17.6. The van der Waals surface area contributed by atoms with Crippen LogP contribution in [0.15, 0.2) is 30.3 Å². The van der Waals surface area contributed by atoms with E-state index in [0.29, 0.717) is 19.6 Å². The van der Waals surface area contributed by atoms with Crippen LogP contribution in [0.25, 0.3) is 10.9 Å². The molecule has 7 nitrogen and oxygen atoms in total. The highest BCUT2D eigenvalue weighted by molar-refractivity contribution is 5.82. The van der Waals surface area contributed by atoms with Crippen molar-refractivity contribution in [1.82, 2.24) is 30.0 Å². The molecule has 1 aliphatic heterocycles. The Balaban J connectivity index is 1.36. The number of aryl methyl sites for hydroxylation is 1. The maximum absolute atomic E-state index is 12.6. The van der Waals surface area contributed by atoms with Gasteiger partial charge in [-0.25, -0.2) is 0 Å². The molecule has 0 spiro atoms. The second-order valence-electron chi connectivity index (χ2n) is 6.63. The van der Waals surface area contributed by atoms with Gasteiger partial charge in [0.05, 0.1) is 13.1 Å². The number of H-pyrrole nitrogens is 1. The number of para-hydroxylation sites is 1. The number of hydrogen-bond donors (Lipinski definition) is 2. The average molecular weight is 338 g/mol. The first kappa shape index (κ1) is 15.8. The van der Waals surface area contributed by atoms with Gasteiger partial charge in [0.1, 0.15) is 17.7 Å². The van der Waals surface area contributed by atoms with E-state index in [1.54, 1.807) is 0 Å². The zero-order valence-electron chi connectivity index (χ0n) is 14.5. The maximum Gasteiger partial charge on any atom is 0.239 e. The van der Waals surface area contributed by atoms with Crippen molar-refractivity contribution in [3.63, 3.8) is 0 Å². The molecule has 1 aliphatic rings. The van der Waals surface area contributed by atoms with Crippen molar-refractivity contribution in [1.29, 1.82) is 0 Å². The topological polar surface area (TPSA) is 78.8 Å². The Kier molecular flexibility index (Phi) is 4.01. The summed E-state index contributed by atoms with van der Waals surface area (Å²) in [5, 5.41) is 12.5. The van der Waals surface area contributed by atoms with E-state index in [1.165, 1.54) is 5.39 Å². The summed E-state index contributed by atoms with van der Waals surface area (Å²) in [6, 6.07) is 10.1. The van der Waals surface area contributed by atoms with Gasteiger partial charge in [0.2, 0.25) is 5.91 Å². The van der Waals surface area contributed by atoms with Crippen molar-refractivity contribution >= 4 is 16.8 Å². The molecule has 2 aromatic heterocycles. The van der Waals surface area contributed by atoms with Crippen molar-refractivity contribution in [2.24, 2.45) is 0 Å². The molecule has 1 amide bonds. The SMILES string of the molecule is Cc1nnc2n1CC(C(=O)NCCc1cc3ccccc3[nH]1)N(C)C2. The Labute approximate surface area is 146 Å². The van der Waals surface area contributed by atoms with Gasteiger partial charge < -0.3 is 14.9 Å². The lowest BCUT2D eigenvalue weighted by molar-refractivity contribution is -0.127. The number of fused-ring (bicyclic) bond motifs is 2. The zero-order chi connectivity index (χ0) is 17.4. The number of aromatic nitrogens is 4. The Hall–Kier alpha value is -2.67. The maximum atomic E-state index is 12.6. The molecule has 4 rings (SSSR count). The first-order valence-corrected chi connectivity index (χ1v) is 8.55. The number of aromatic amines is 1. The fourth-order valence-electron chi connectivity index (χ4n) is 3.41. The summed E-state index contributed by atoms with van der Waals surface area (Å²) >= 11 is 0. The predicted octanol–water partition coefficient (Wildman–Crippen LogP) is 1.24. The van der Waals surface area contributed by atoms with E-state index in [2.05, 4.69) is 38.7 Å². The summed E-state index contributed by atoms with van der Waals surface area (Å²) in [6.45, 7) is 3.78. The Bertz CT molecular complexity index is 878. The molecule has 0 fully saturated rings. The summed E-state index contributed by atoms with van der Waals surface area (Å²) in [5.41, 5.74) is 2.27. The highest BCUT2D eigenvalue weighted by Crippen LogP contribution is 2.17. The molecule has 2 N–H and O–H groups in total. The minimum Gasteiger partial charge on any atom is -0.358 e. The number of nitrogens with zero attached hydrogens (tertiary/aromatic N) is 4. The summed E-state index contributed by atoms with van der Waals surface area (Å²) in [7, 11) is 1.95. The summed E-state index contributed by atoms with van der Waals surface area (Å²) in [5.74, 6) is 1.83. The summed E-state index contributed by atoms with van der Waals surface area (Å²) in [6.07, 6.45) is 0.785. The lowest BCUT2D eigenvalue weighted by Gasteiger charge is -2.32. The van der Waals surface area contributed by atoms with E-state index in [-0.39, 0.29) is 11.9 Å². The van der Waals surface area contributed by atoms with Crippen LogP contribution in [-0.2, 0) is 24.3 Å². The molecule has 1 atom stereocenters. The van der Waals surface area contributed by atoms with Gasteiger partial charge >= 0.3 is 0 Å². The minimum absolute atomic E-state index is 0.0531. The monoisotopic (exact) mass is 338 g/mol. The molecule has 3 aromatic rings. The Morgan fingerprint density at radius 2 is 2.20 bits per heavy atom. The molecule has 25 heavy (non-hydrogen) atoms. The van der Waals surface area contributed by atoms with Crippen molar-refractivity contribution in [3.05, 3.63) is 47.7 Å². The van der Waals surface area contributed by atoms with Gasteiger partial charge in [0, 0.05) is 24.2 Å². The minimum atomic E-state index is -0.190. The highest BCUT2D eigenvalue weighted by atomic mass is 16.2. The van der Waals surface area contributed by atoms with Crippen molar-refractivity contribution in [3.8, 4) is 0 Å². The number of benzene rings is 1. The summed E-state index contributed by atoms with van der Waals surface area (Å²) < 4.78 is 2.03. The van der Waals surface area contributed by atoms with Crippen molar-refractivity contribution < 1.29 is 4.79 Å². The third kappa shape index (κ3) is 3.02. The van der Waals surface area contributed by atoms with E-state index >= 15 is 0 Å². The van der Waals surface area contributed by atoms with Crippen LogP contribution >= 0.6 is 0 Å². The molecule has 0 saturated heterocycles. The van der Waals surface area contributed by atoms with Crippen LogP contribution in [0, 0.1) is 6.92 Å². The van der Waals surface area contributed by atoms with Gasteiger partial charge in [0.25, 0.3) is 0 Å². The van der Waals surface area contributed by atoms with Gasteiger partial charge in [-0.2, -0.15) is 0 Å².